The molecule has 6 heteroatoms. The number of anilines is 2. The molecule has 0 aliphatic heterocycles. The van der Waals surface area contributed by atoms with E-state index >= 15 is 0 Å². The molecule has 0 atom stereocenters. The van der Waals surface area contributed by atoms with E-state index in [2.05, 4.69) is 29.2 Å². The van der Waals surface area contributed by atoms with E-state index in [4.69, 9.17) is 15.6 Å². The predicted molar refractivity (Wildman–Crippen MR) is 80.9 cm³/mol. The molecule has 1 heterocycles. The van der Waals surface area contributed by atoms with Gasteiger partial charge < -0.3 is 15.1 Å². The highest BCUT2D eigenvalue weighted by atomic mass is 16.5. The van der Waals surface area contributed by atoms with Crippen molar-refractivity contribution in [1.29, 1.82) is 0 Å². The van der Waals surface area contributed by atoms with Crippen LogP contribution >= 0.6 is 0 Å². The Morgan fingerprint density at radius 2 is 2.10 bits per heavy atom. The van der Waals surface area contributed by atoms with Crippen LogP contribution < -0.4 is 16.2 Å². The molecule has 0 spiro atoms. The Morgan fingerprint density at radius 1 is 1.40 bits per heavy atom. The van der Waals surface area contributed by atoms with Crippen molar-refractivity contribution >= 4 is 11.6 Å². The van der Waals surface area contributed by atoms with Gasteiger partial charge in [0.25, 0.3) is 0 Å². The highest BCUT2D eigenvalue weighted by molar-refractivity contribution is 5.59. The molecule has 1 fully saturated rings. The summed E-state index contributed by atoms with van der Waals surface area (Å²) in [6.45, 7) is 7.79. The second-order valence-corrected chi connectivity index (χ2v) is 5.58. The van der Waals surface area contributed by atoms with Crippen LogP contribution in [0.2, 0.25) is 0 Å². The van der Waals surface area contributed by atoms with Gasteiger partial charge >= 0.3 is 0 Å². The van der Waals surface area contributed by atoms with E-state index in [1.54, 1.807) is 7.11 Å². The van der Waals surface area contributed by atoms with Gasteiger partial charge in [0.15, 0.2) is 0 Å². The van der Waals surface area contributed by atoms with Crippen molar-refractivity contribution in [1.82, 2.24) is 9.97 Å². The van der Waals surface area contributed by atoms with Crippen LogP contribution in [0, 0.1) is 6.92 Å². The normalized spacial score (nSPS) is 14.7. The summed E-state index contributed by atoms with van der Waals surface area (Å²) < 4.78 is 5.21. The second-order valence-electron chi connectivity index (χ2n) is 5.58. The number of hydrogen-bond donors (Lipinski definition) is 2. The van der Waals surface area contributed by atoms with Crippen molar-refractivity contribution in [2.75, 3.05) is 30.6 Å². The van der Waals surface area contributed by atoms with Gasteiger partial charge in [-0.05, 0) is 33.6 Å². The van der Waals surface area contributed by atoms with Crippen LogP contribution in [-0.2, 0) is 4.74 Å². The fraction of sp³-hybridized carbons (Fsp3) is 0.714. The van der Waals surface area contributed by atoms with Crippen molar-refractivity contribution < 1.29 is 4.74 Å². The molecule has 1 aromatic rings. The molecule has 0 saturated heterocycles. The third-order valence-corrected chi connectivity index (χ3v) is 3.65. The Hall–Kier alpha value is -1.40. The number of nitrogens with one attached hydrogen (secondary N) is 1. The number of nitrogens with two attached hydrogens (primary N) is 1. The minimum atomic E-state index is 0.344. The molecular weight excluding hydrogens is 254 g/mol. The standard InChI is InChI=1S/C14H25N5O/c1-9(2)19(7-8-20-4)14-10(3)12(18-15)16-13(17-14)11-5-6-11/h9,11H,5-8,15H2,1-4H3,(H,16,17,18). The fourth-order valence-electron chi connectivity index (χ4n) is 2.26. The average Bonchev–Trinajstić information content (AvgIpc) is 3.25. The molecule has 1 aliphatic rings. The number of methoxy groups -OCH3 is 1. The number of nitrogen functional groups attached to an aromatic ring is 1. The van der Waals surface area contributed by atoms with E-state index in [0.717, 1.165) is 29.6 Å². The molecule has 1 aromatic heterocycles. The number of ether oxygens (including phenoxy) is 1. The lowest BCUT2D eigenvalue weighted by molar-refractivity contribution is 0.203. The third kappa shape index (κ3) is 3.19. The second kappa shape index (κ2) is 6.37. The molecule has 0 unspecified atom stereocenters. The smallest absolute Gasteiger partial charge is 0.148 e. The summed E-state index contributed by atoms with van der Waals surface area (Å²) in [6.07, 6.45) is 2.35. The SMILES string of the molecule is COCCN(c1nc(C2CC2)nc(NN)c1C)C(C)C. The fourth-order valence-corrected chi connectivity index (χ4v) is 2.26. The number of rotatable bonds is 7. The molecule has 1 aliphatic carbocycles. The van der Waals surface area contributed by atoms with E-state index < -0.39 is 0 Å². The van der Waals surface area contributed by atoms with Crippen LogP contribution in [0.1, 0.15) is 44.0 Å². The highest BCUT2D eigenvalue weighted by Gasteiger charge is 2.29. The molecule has 6 nitrogen and oxygen atoms in total. The summed E-state index contributed by atoms with van der Waals surface area (Å²) in [5.74, 6) is 8.69. The first-order valence-corrected chi connectivity index (χ1v) is 7.19. The van der Waals surface area contributed by atoms with Gasteiger partial charge in [-0.1, -0.05) is 0 Å². The van der Waals surface area contributed by atoms with Crippen LogP contribution in [0.15, 0.2) is 0 Å². The Balaban J connectivity index is 2.37. The third-order valence-electron chi connectivity index (χ3n) is 3.65. The molecule has 2 rings (SSSR count). The van der Waals surface area contributed by atoms with Crippen LogP contribution in [0.3, 0.4) is 0 Å². The van der Waals surface area contributed by atoms with E-state index in [0.29, 0.717) is 18.6 Å². The van der Waals surface area contributed by atoms with Crippen molar-refractivity contribution in [3.05, 3.63) is 11.4 Å². The monoisotopic (exact) mass is 279 g/mol. The van der Waals surface area contributed by atoms with Crippen molar-refractivity contribution in [2.45, 2.75) is 45.6 Å². The van der Waals surface area contributed by atoms with Gasteiger partial charge in [-0.25, -0.2) is 15.8 Å². The van der Waals surface area contributed by atoms with E-state index in [1.807, 2.05) is 6.92 Å². The highest BCUT2D eigenvalue weighted by Crippen LogP contribution is 2.40. The van der Waals surface area contributed by atoms with Gasteiger partial charge in [0.2, 0.25) is 0 Å². The van der Waals surface area contributed by atoms with Gasteiger partial charge in [0, 0.05) is 31.2 Å². The van der Waals surface area contributed by atoms with E-state index in [-0.39, 0.29) is 0 Å². The molecule has 0 radical (unpaired) electrons. The van der Waals surface area contributed by atoms with E-state index in [1.165, 1.54) is 12.8 Å². The van der Waals surface area contributed by atoms with Crippen molar-refractivity contribution in [3.8, 4) is 0 Å². The molecule has 20 heavy (non-hydrogen) atoms. The molecule has 0 amide bonds. The Labute approximate surface area is 120 Å². The lowest BCUT2D eigenvalue weighted by Gasteiger charge is -2.29. The quantitative estimate of drug-likeness (QED) is 0.585. The Morgan fingerprint density at radius 3 is 2.60 bits per heavy atom. The molecule has 1 saturated carbocycles. The molecule has 0 aromatic carbocycles. The summed E-state index contributed by atoms with van der Waals surface area (Å²) >= 11 is 0. The Bertz CT molecular complexity index is 459. The van der Waals surface area contributed by atoms with Crippen LogP contribution in [-0.4, -0.2) is 36.3 Å². The number of aromatic nitrogens is 2. The molecule has 112 valence electrons. The lowest BCUT2D eigenvalue weighted by atomic mass is 10.2. The predicted octanol–water partition coefficient (Wildman–Crippen LogP) is 1.81. The van der Waals surface area contributed by atoms with Crippen molar-refractivity contribution in [2.24, 2.45) is 5.84 Å². The number of nitrogens with zero attached hydrogens (tertiary/aromatic N) is 3. The molecular formula is C14H25N5O. The van der Waals surface area contributed by atoms with Crippen LogP contribution in [0.25, 0.3) is 0 Å². The minimum absolute atomic E-state index is 0.344. The summed E-state index contributed by atoms with van der Waals surface area (Å²) in [5, 5.41) is 0. The number of hydrazine groups is 1. The summed E-state index contributed by atoms with van der Waals surface area (Å²) in [6, 6.07) is 0.344. The van der Waals surface area contributed by atoms with Crippen molar-refractivity contribution in [3.63, 3.8) is 0 Å². The van der Waals surface area contributed by atoms with Gasteiger partial charge in [-0.2, -0.15) is 0 Å². The number of hydrogen-bond acceptors (Lipinski definition) is 6. The summed E-state index contributed by atoms with van der Waals surface area (Å²) in [7, 11) is 1.72. The van der Waals surface area contributed by atoms with Gasteiger partial charge in [-0.15, -0.1) is 0 Å². The molecule has 0 bridgehead atoms. The summed E-state index contributed by atoms with van der Waals surface area (Å²) in [4.78, 5) is 11.6. The first-order chi connectivity index (χ1) is 9.58. The zero-order valence-electron chi connectivity index (χ0n) is 12.8. The first-order valence-electron chi connectivity index (χ1n) is 7.19. The van der Waals surface area contributed by atoms with Crippen LogP contribution in [0.4, 0.5) is 11.6 Å². The maximum atomic E-state index is 5.60. The minimum Gasteiger partial charge on any atom is -0.383 e. The van der Waals surface area contributed by atoms with E-state index in [9.17, 15) is 0 Å². The lowest BCUT2D eigenvalue weighted by Crippen LogP contribution is -2.35. The van der Waals surface area contributed by atoms with Gasteiger partial charge in [0.1, 0.15) is 17.5 Å². The average molecular weight is 279 g/mol. The topological polar surface area (TPSA) is 76.3 Å². The van der Waals surface area contributed by atoms with Crippen LogP contribution in [0.5, 0.6) is 0 Å². The zero-order valence-corrected chi connectivity index (χ0v) is 12.8. The molecule has 3 N–H and O–H groups in total. The summed E-state index contributed by atoms with van der Waals surface area (Å²) in [5.41, 5.74) is 3.69. The maximum absolute atomic E-state index is 5.60. The van der Waals surface area contributed by atoms with Gasteiger partial charge in [-0.3, -0.25) is 0 Å². The maximum Gasteiger partial charge on any atom is 0.148 e. The van der Waals surface area contributed by atoms with Gasteiger partial charge in [0.05, 0.1) is 6.61 Å². The largest absolute Gasteiger partial charge is 0.383 e. The zero-order chi connectivity index (χ0) is 14.7. The first kappa shape index (κ1) is 15.0. The Kier molecular flexibility index (Phi) is 4.77.